The predicted octanol–water partition coefficient (Wildman–Crippen LogP) is 30.2. The molecule has 0 amide bonds. The van der Waals surface area contributed by atoms with Crippen LogP contribution in [0.2, 0.25) is 0 Å². The summed E-state index contributed by atoms with van der Waals surface area (Å²) in [6, 6.07) is 154. The van der Waals surface area contributed by atoms with Gasteiger partial charge in [0, 0.05) is 50.9 Å². The van der Waals surface area contributed by atoms with Crippen molar-refractivity contribution >= 4 is 84.0 Å². The number of para-hydroxylation sites is 2. The van der Waals surface area contributed by atoms with Gasteiger partial charge >= 0.3 is 0 Å². The largest absolute Gasteiger partial charge is 0.309 e. The summed E-state index contributed by atoms with van der Waals surface area (Å²) in [5, 5.41) is 4.55. The van der Waals surface area contributed by atoms with Crippen molar-refractivity contribution in [2.24, 2.45) is 0 Å². The van der Waals surface area contributed by atoms with E-state index in [0.717, 1.165) is 135 Å². The number of aromatic nitrogens is 6. The summed E-state index contributed by atoms with van der Waals surface area (Å²) in [6.07, 6.45) is 5.29. The fourth-order valence-electron chi connectivity index (χ4n) is 17.8. The topological polar surface area (TPSA) is 87.1 Å². The molecule has 3 aliphatic rings. The SMILES string of the molecule is c1ccc(-c2cc(-c3ccccc3)cc(N3c4ncncc4-c4cc(-c5ccccc5)cc5cccc3c45)c2)cc1.c1ccc(-c2cccc(-c3cccc(N4c5ccccc5-c5cc(-c6ccccc6)cc6ncnc4c56)c3)c2)cc1.c1ccc(-c2cccc(-c3cccc(N4c5ccccc5-c5nc(-c6ccccc6)nc6cccc4c56)c3)c2)cc1. The molecule has 0 bridgehead atoms. The first-order valence-corrected chi connectivity index (χ1v) is 41.5. The molecule has 9 nitrogen and oxygen atoms in total. The Hall–Kier alpha value is -16.6. The van der Waals surface area contributed by atoms with Gasteiger partial charge in [-0.15, -0.1) is 0 Å². The van der Waals surface area contributed by atoms with Crippen molar-refractivity contribution in [1.29, 1.82) is 0 Å². The highest BCUT2D eigenvalue weighted by Gasteiger charge is 2.33. The lowest BCUT2D eigenvalue weighted by molar-refractivity contribution is 1.11. The second kappa shape index (κ2) is 31.7. The molecule has 0 N–H and O–H groups in total. The molecule has 24 rings (SSSR count). The van der Waals surface area contributed by atoms with Crippen LogP contribution in [-0.4, -0.2) is 29.9 Å². The van der Waals surface area contributed by atoms with Gasteiger partial charge < -0.3 is 4.90 Å². The lowest BCUT2D eigenvalue weighted by Crippen LogP contribution is -2.17. The van der Waals surface area contributed by atoms with E-state index in [1.54, 1.807) is 12.7 Å². The second-order valence-corrected chi connectivity index (χ2v) is 31.0. The predicted molar refractivity (Wildman–Crippen MR) is 509 cm³/mol. The number of nitrogens with zero attached hydrogens (tertiary/aromatic N) is 9. The Balaban J connectivity index is 0.000000110. The minimum atomic E-state index is 0.744. The highest BCUT2D eigenvalue weighted by molar-refractivity contribution is 6.17. The number of rotatable bonds is 12. The summed E-state index contributed by atoms with van der Waals surface area (Å²) in [7, 11) is 0. The molecule has 0 atom stereocenters. The number of fused-ring (bicyclic) bond motifs is 6. The minimum absolute atomic E-state index is 0.744. The van der Waals surface area contributed by atoms with Crippen molar-refractivity contribution in [1.82, 2.24) is 29.9 Å². The van der Waals surface area contributed by atoms with E-state index >= 15 is 0 Å². The zero-order valence-electron chi connectivity index (χ0n) is 66.8. The summed E-state index contributed by atoms with van der Waals surface area (Å²) in [5.41, 5.74) is 36.1. The van der Waals surface area contributed by atoms with Crippen LogP contribution < -0.4 is 14.7 Å². The minimum Gasteiger partial charge on any atom is -0.309 e. The van der Waals surface area contributed by atoms with Crippen LogP contribution in [0.25, 0.3) is 166 Å². The van der Waals surface area contributed by atoms with Crippen LogP contribution in [0.1, 0.15) is 0 Å². The van der Waals surface area contributed by atoms with Crippen molar-refractivity contribution < 1.29 is 0 Å². The Morgan fingerprint density at radius 1 is 0.187 bits per heavy atom. The van der Waals surface area contributed by atoms with Gasteiger partial charge in [0.2, 0.25) is 0 Å². The van der Waals surface area contributed by atoms with Gasteiger partial charge in [-0.05, 0) is 215 Å². The van der Waals surface area contributed by atoms with E-state index in [1.165, 1.54) is 83.1 Å². The summed E-state index contributed by atoms with van der Waals surface area (Å²) >= 11 is 0. The molecular weight excluding hydrogens is 1500 g/mol. The molecule has 123 heavy (non-hydrogen) atoms. The first kappa shape index (κ1) is 72.8. The van der Waals surface area contributed by atoms with Gasteiger partial charge in [-0.2, -0.15) is 0 Å². The summed E-state index contributed by atoms with van der Waals surface area (Å²) < 4.78 is 0. The average molecular weight is 1570 g/mol. The van der Waals surface area contributed by atoms with Crippen LogP contribution in [-0.2, 0) is 0 Å². The van der Waals surface area contributed by atoms with E-state index in [2.05, 4.69) is 432 Å². The first-order chi connectivity index (χ1) is 61.0. The third kappa shape index (κ3) is 13.7. The van der Waals surface area contributed by atoms with E-state index in [1.807, 2.05) is 30.5 Å². The third-order valence-electron chi connectivity index (χ3n) is 23.5. The maximum Gasteiger partial charge on any atom is 0.160 e. The Morgan fingerprint density at radius 2 is 0.561 bits per heavy atom. The van der Waals surface area contributed by atoms with Crippen LogP contribution in [0, 0.1) is 0 Å². The number of anilines is 9. The quantitative estimate of drug-likeness (QED) is 0.119. The van der Waals surface area contributed by atoms with Gasteiger partial charge in [-0.3, -0.25) is 9.80 Å². The van der Waals surface area contributed by atoms with Crippen LogP contribution in [0.3, 0.4) is 0 Å². The van der Waals surface area contributed by atoms with Crippen LogP contribution in [0.15, 0.2) is 456 Å². The Kier molecular flexibility index (Phi) is 18.8. The molecule has 0 aliphatic carbocycles. The number of benzene rings is 18. The molecule has 21 aromatic rings. The molecule has 576 valence electrons. The van der Waals surface area contributed by atoms with E-state index in [4.69, 9.17) is 24.9 Å². The highest BCUT2D eigenvalue weighted by atomic mass is 15.2. The molecule has 0 spiro atoms. The molecule has 0 saturated carbocycles. The molecule has 0 radical (unpaired) electrons. The van der Waals surface area contributed by atoms with Crippen molar-refractivity contribution in [2.45, 2.75) is 0 Å². The molecule has 9 heteroatoms. The fraction of sp³-hybridized carbons (Fsp3) is 0. The molecule has 6 heterocycles. The standard InChI is InChI=1S/3C38H25N3/c1-4-11-26(12-5-1)30-20-31(27-13-6-2-7-14-27)22-33(21-30)41-36-18-10-17-29-19-32(28-15-8-3-9-16-28)23-34(37(29)36)35-24-39-25-40-38(35)41;1-3-12-26(13-4-1)28-16-9-17-29(24-28)30-18-10-19-31(25-30)41-34-22-8-7-20-32(34)37-36-33(21-11-23-35(36)41)39-38(40-37)27-14-5-2-6-15-27;1-3-11-26(12-4-1)28-15-9-16-29(21-28)30-17-10-18-32(22-30)41-36-20-8-7-19-33(36)34-23-31(27-13-5-2-6-14-27)24-35-37(34)38(41)40-25-39-35/h3*1-25H. The molecule has 0 fully saturated rings. The van der Waals surface area contributed by atoms with Gasteiger partial charge in [0.1, 0.15) is 24.3 Å². The van der Waals surface area contributed by atoms with Crippen molar-refractivity contribution in [3.8, 4) is 134 Å². The maximum atomic E-state index is 5.14. The van der Waals surface area contributed by atoms with Gasteiger partial charge in [0.25, 0.3) is 0 Å². The summed E-state index contributed by atoms with van der Waals surface area (Å²) in [5.74, 6) is 2.53. The van der Waals surface area contributed by atoms with E-state index in [0.29, 0.717) is 0 Å². The molecule has 0 unspecified atom stereocenters. The maximum absolute atomic E-state index is 5.14. The monoisotopic (exact) mass is 1570 g/mol. The second-order valence-electron chi connectivity index (χ2n) is 31.0. The molecule has 3 aromatic heterocycles. The van der Waals surface area contributed by atoms with Gasteiger partial charge in [0.05, 0.1) is 50.2 Å². The highest BCUT2D eigenvalue weighted by Crippen LogP contribution is 2.55. The van der Waals surface area contributed by atoms with Gasteiger partial charge in [-0.1, -0.05) is 328 Å². The van der Waals surface area contributed by atoms with Crippen molar-refractivity contribution in [2.75, 3.05) is 14.7 Å². The van der Waals surface area contributed by atoms with Crippen molar-refractivity contribution in [3.05, 3.63) is 456 Å². The lowest BCUT2D eigenvalue weighted by Gasteiger charge is -2.33. The number of hydrogen-bond donors (Lipinski definition) is 0. The van der Waals surface area contributed by atoms with Crippen LogP contribution in [0.5, 0.6) is 0 Å². The normalized spacial score (nSPS) is 11.9. The average Bonchev–Trinajstić information content (AvgIpc) is 0.732. The fourth-order valence-corrected chi connectivity index (χ4v) is 17.8. The molecule has 3 aliphatic heterocycles. The lowest BCUT2D eigenvalue weighted by atomic mass is 9.89. The van der Waals surface area contributed by atoms with E-state index in [9.17, 15) is 0 Å². The third-order valence-corrected chi connectivity index (χ3v) is 23.5. The molecule has 0 saturated heterocycles. The number of hydrogen-bond acceptors (Lipinski definition) is 9. The zero-order valence-corrected chi connectivity index (χ0v) is 66.8. The summed E-state index contributed by atoms with van der Waals surface area (Å²) in [4.78, 5) is 36.0. The van der Waals surface area contributed by atoms with Gasteiger partial charge in [-0.25, -0.2) is 29.9 Å². The Labute approximate surface area is 713 Å². The van der Waals surface area contributed by atoms with Gasteiger partial charge in [0.15, 0.2) is 5.82 Å². The Morgan fingerprint density at radius 3 is 1.11 bits per heavy atom. The van der Waals surface area contributed by atoms with E-state index in [-0.39, 0.29) is 0 Å². The first-order valence-electron chi connectivity index (χ1n) is 41.5. The smallest absolute Gasteiger partial charge is 0.160 e. The molecule has 18 aromatic carbocycles. The summed E-state index contributed by atoms with van der Waals surface area (Å²) in [6.45, 7) is 0. The van der Waals surface area contributed by atoms with Crippen LogP contribution >= 0.6 is 0 Å². The van der Waals surface area contributed by atoms with Crippen molar-refractivity contribution in [3.63, 3.8) is 0 Å². The van der Waals surface area contributed by atoms with E-state index < -0.39 is 0 Å². The zero-order chi connectivity index (χ0) is 81.5. The molecular formula is C114H75N9. The Bertz CT molecular complexity index is 7200. The van der Waals surface area contributed by atoms with Crippen LogP contribution in [0.4, 0.5) is 51.4 Å².